The van der Waals surface area contributed by atoms with Gasteiger partial charge in [-0.1, -0.05) is 0 Å². The van der Waals surface area contributed by atoms with Gasteiger partial charge in [-0.2, -0.15) is 0 Å². The number of nitrogens with one attached hydrogen (secondary N) is 2. The number of benzene rings is 1. The lowest BCUT2D eigenvalue weighted by molar-refractivity contribution is -0.118. The zero-order valence-electron chi connectivity index (χ0n) is 11.3. The van der Waals surface area contributed by atoms with Crippen LogP contribution in [0.4, 0.5) is 5.69 Å². The van der Waals surface area contributed by atoms with Crippen LogP contribution in [0.25, 0.3) is 0 Å². The minimum absolute atomic E-state index is 0.0544. The predicted molar refractivity (Wildman–Crippen MR) is 73.3 cm³/mol. The second kappa shape index (κ2) is 5.68. The smallest absolute Gasteiger partial charge is 0.241 e. The molecule has 0 radical (unpaired) electrons. The Morgan fingerprint density at radius 2 is 2.15 bits per heavy atom. The highest BCUT2D eigenvalue weighted by atomic mass is 16.6. The van der Waals surface area contributed by atoms with E-state index < -0.39 is 0 Å². The Hall–Kier alpha value is -1.79. The zero-order valence-corrected chi connectivity index (χ0v) is 11.3. The van der Waals surface area contributed by atoms with Gasteiger partial charge < -0.3 is 24.8 Å². The number of fused-ring (bicyclic) bond motifs is 1. The van der Waals surface area contributed by atoms with Crippen molar-refractivity contribution in [3.8, 4) is 11.5 Å². The average molecular weight is 278 g/mol. The van der Waals surface area contributed by atoms with Gasteiger partial charge >= 0.3 is 0 Å². The summed E-state index contributed by atoms with van der Waals surface area (Å²) in [6, 6.07) is 5.20. The molecule has 2 aliphatic rings. The van der Waals surface area contributed by atoms with Gasteiger partial charge in [0.25, 0.3) is 0 Å². The fourth-order valence-electron chi connectivity index (χ4n) is 2.43. The minimum Gasteiger partial charge on any atom is -0.486 e. The summed E-state index contributed by atoms with van der Waals surface area (Å²) in [5.74, 6) is 1.33. The first-order chi connectivity index (χ1) is 9.76. The summed E-state index contributed by atoms with van der Waals surface area (Å²) in [7, 11) is 1.66. The predicted octanol–water partition coefficient (Wildman–Crippen LogP) is 0.773. The van der Waals surface area contributed by atoms with Crippen LogP contribution in [0.15, 0.2) is 18.2 Å². The lowest BCUT2D eigenvalue weighted by Gasteiger charge is -2.19. The molecule has 0 aliphatic carbocycles. The first-order valence-corrected chi connectivity index (χ1v) is 6.73. The summed E-state index contributed by atoms with van der Waals surface area (Å²) in [6.45, 7) is 1.79. The van der Waals surface area contributed by atoms with E-state index in [2.05, 4.69) is 10.6 Å². The fraction of sp³-hybridized carbons (Fsp3) is 0.500. The topological polar surface area (TPSA) is 68.8 Å². The van der Waals surface area contributed by atoms with Gasteiger partial charge in [-0.3, -0.25) is 4.79 Å². The third-order valence-electron chi connectivity index (χ3n) is 3.55. The number of carbonyl (C=O) groups excluding carboxylic acids is 1. The molecule has 0 saturated carbocycles. The molecule has 20 heavy (non-hydrogen) atoms. The van der Waals surface area contributed by atoms with Crippen molar-refractivity contribution >= 4 is 11.6 Å². The maximum Gasteiger partial charge on any atom is 0.241 e. The van der Waals surface area contributed by atoms with E-state index in [1.807, 2.05) is 12.1 Å². The van der Waals surface area contributed by atoms with E-state index >= 15 is 0 Å². The van der Waals surface area contributed by atoms with E-state index in [0.717, 1.165) is 0 Å². The number of rotatable bonds is 3. The van der Waals surface area contributed by atoms with Crippen LogP contribution in [0.3, 0.4) is 0 Å². The molecule has 6 nitrogen and oxygen atoms in total. The third kappa shape index (κ3) is 2.71. The molecular formula is C14H18N2O4. The Balaban J connectivity index is 1.64. The summed E-state index contributed by atoms with van der Waals surface area (Å²) in [5, 5.41) is 6.03. The highest BCUT2D eigenvalue weighted by molar-refractivity contribution is 5.95. The molecular weight excluding hydrogens is 260 g/mol. The van der Waals surface area contributed by atoms with Crippen LogP contribution in [0.2, 0.25) is 0 Å². The van der Waals surface area contributed by atoms with Crippen LogP contribution in [-0.4, -0.2) is 44.9 Å². The second-order valence-corrected chi connectivity index (χ2v) is 4.90. The van der Waals surface area contributed by atoms with E-state index in [0.29, 0.717) is 43.4 Å². The Kier molecular flexibility index (Phi) is 3.75. The molecule has 0 bridgehead atoms. The van der Waals surface area contributed by atoms with Crippen molar-refractivity contribution in [2.45, 2.75) is 18.6 Å². The van der Waals surface area contributed by atoms with E-state index in [9.17, 15) is 4.79 Å². The van der Waals surface area contributed by atoms with Gasteiger partial charge in [-0.25, -0.2) is 0 Å². The van der Waals surface area contributed by atoms with Crippen molar-refractivity contribution in [3.63, 3.8) is 0 Å². The Labute approximate surface area is 117 Å². The van der Waals surface area contributed by atoms with Gasteiger partial charge in [0.1, 0.15) is 13.2 Å². The third-order valence-corrected chi connectivity index (χ3v) is 3.55. The maximum absolute atomic E-state index is 12.1. The molecule has 3 rings (SSSR count). The molecule has 2 aliphatic heterocycles. The zero-order chi connectivity index (χ0) is 13.9. The fourth-order valence-corrected chi connectivity index (χ4v) is 2.43. The summed E-state index contributed by atoms with van der Waals surface area (Å²) in [4.78, 5) is 12.1. The normalized spacial score (nSPS) is 24.4. The van der Waals surface area contributed by atoms with Gasteiger partial charge in [0.05, 0.1) is 12.1 Å². The number of anilines is 1. The molecule has 0 aromatic heterocycles. The molecule has 1 aromatic carbocycles. The average Bonchev–Trinajstić information content (AvgIpc) is 2.96. The molecule has 6 heteroatoms. The minimum atomic E-state index is -0.215. The SMILES string of the molecule is COC1CNC(C(=O)Nc2ccc3c(c2)OCCO3)C1. The highest BCUT2D eigenvalue weighted by Gasteiger charge is 2.29. The van der Waals surface area contributed by atoms with Gasteiger partial charge in [-0.15, -0.1) is 0 Å². The van der Waals surface area contributed by atoms with Crippen molar-refractivity contribution in [2.75, 3.05) is 32.2 Å². The number of hydrogen-bond donors (Lipinski definition) is 2. The Bertz CT molecular complexity index is 506. The van der Waals surface area contributed by atoms with Crippen molar-refractivity contribution in [3.05, 3.63) is 18.2 Å². The van der Waals surface area contributed by atoms with E-state index in [-0.39, 0.29) is 18.1 Å². The summed E-state index contributed by atoms with van der Waals surface area (Å²) < 4.78 is 16.2. The molecule has 108 valence electrons. The van der Waals surface area contributed by atoms with Gasteiger partial charge in [0.15, 0.2) is 11.5 Å². The van der Waals surface area contributed by atoms with Gasteiger partial charge in [-0.05, 0) is 18.6 Å². The summed E-state index contributed by atoms with van der Waals surface area (Å²) >= 11 is 0. The molecule has 2 heterocycles. The molecule has 1 aromatic rings. The quantitative estimate of drug-likeness (QED) is 0.855. The Morgan fingerprint density at radius 1 is 1.35 bits per heavy atom. The summed E-state index contributed by atoms with van der Waals surface area (Å²) in [6.07, 6.45) is 0.790. The monoisotopic (exact) mass is 278 g/mol. The highest BCUT2D eigenvalue weighted by Crippen LogP contribution is 2.32. The van der Waals surface area contributed by atoms with Crippen LogP contribution in [0.5, 0.6) is 11.5 Å². The van der Waals surface area contributed by atoms with Crippen molar-refractivity contribution in [1.82, 2.24) is 5.32 Å². The molecule has 1 saturated heterocycles. The second-order valence-electron chi connectivity index (χ2n) is 4.90. The molecule has 0 spiro atoms. The van der Waals surface area contributed by atoms with Crippen LogP contribution >= 0.6 is 0 Å². The lowest BCUT2D eigenvalue weighted by atomic mass is 10.2. The van der Waals surface area contributed by atoms with Crippen molar-refractivity contribution in [1.29, 1.82) is 0 Å². The molecule has 1 fully saturated rings. The van der Waals surface area contributed by atoms with E-state index in [1.165, 1.54) is 0 Å². The summed E-state index contributed by atoms with van der Waals surface area (Å²) in [5.41, 5.74) is 0.710. The molecule has 1 amide bonds. The molecule has 2 atom stereocenters. The van der Waals surface area contributed by atoms with Crippen LogP contribution in [0, 0.1) is 0 Å². The first kappa shape index (κ1) is 13.2. The standard InChI is InChI=1S/C14H18N2O4/c1-18-10-7-11(15-8-10)14(17)16-9-2-3-12-13(6-9)20-5-4-19-12/h2-3,6,10-11,15H,4-5,7-8H2,1H3,(H,16,17). The van der Waals surface area contributed by atoms with E-state index in [1.54, 1.807) is 13.2 Å². The van der Waals surface area contributed by atoms with Gasteiger partial charge in [0, 0.05) is 25.4 Å². The largest absolute Gasteiger partial charge is 0.486 e. The first-order valence-electron chi connectivity index (χ1n) is 6.73. The van der Waals surface area contributed by atoms with Crippen LogP contribution < -0.4 is 20.1 Å². The Morgan fingerprint density at radius 3 is 2.90 bits per heavy atom. The van der Waals surface area contributed by atoms with Crippen molar-refractivity contribution < 1.29 is 19.0 Å². The number of amides is 1. The number of hydrogen-bond acceptors (Lipinski definition) is 5. The van der Waals surface area contributed by atoms with E-state index in [4.69, 9.17) is 14.2 Å². The van der Waals surface area contributed by atoms with Crippen molar-refractivity contribution in [2.24, 2.45) is 0 Å². The number of ether oxygens (including phenoxy) is 3. The van der Waals surface area contributed by atoms with Crippen LogP contribution in [0.1, 0.15) is 6.42 Å². The number of methoxy groups -OCH3 is 1. The molecule has 2 N–H and O–H groups in total. The maximum atomic E-state index is 12.1. The van der Waals surface area contributed by atoms with Crippen LogP contribution in [-0.2, 0) is 9.53 Å². The molecule has 2 unspecified atom stereocenters. The van der Waals surface area contributed by atoms with Gasteiger partial charge in [0.2, 0.25) is 5.91 Å². The lowest BCUT2D eigenvalue weighted by Crippen LogP contribution is -2.35. The number of carbonyl (C=O) groups is 1.